The molecular weight excluding hydrogens is 293 g/mol. The molecule has 0 fully saturated rings. The summed E-state index contributed by atoms with van der Waals surface area (Å²) in [5.74, 6) is 0.512. The van der Waals surface area contributed by atoms with E-state index in [0.29, 0.717) is 27.4 Å². The number of quaternary nitrogens is 1. The van der Waals surface area contributed by atoms with Gasteiger partial charge in [-0.2, -0.15) is 0 Å². The molecule has 0 aliphatic rings. The van der Waals surface area contributed by atoms with E-state index in [1.165, 1.54) is 0 Å². The fraction of sp³-hybridized carbons (Fsp3) is 0.538. The maximum Gasteiger partial charge on any atom is 0.156 e. The summed E-state index contributed by atoms with van der Waals surface area (Å²) in [5, 5.41) is 3.69. The Morgan fingerprint density at radius 1 is 1.11 bits per heavy atom. The van der Waals surface area contributed by atoms with Crippen LogP contribution >= 0.6 is 34.8 Å². The van der Waals surface area contributed by atoms with Crippen molar-refractivity contribution >= 4 is 34.8 Å². The van der Waals surface area contributed by atoms with Gasteiger partial charge in [-0.25, -0.2) is 0 Å². The number of nitrogens with two attached hydrogens (primary N) is 1. The fourth-order valence-electron chi connectivity index (χ4n) is 1.46. The first-order valence-electron chi connectivity index (χ1n) is 5.91. The first-order chi connectivity index (χ1) is 8.29. The van der Waals surface area contributed by atoms with Crippen molar-refractivity contribution in [2.75, 3.05) is 13.2 Å². The molecule has 1 aromatic carbocycles. The Kier molecular flexibility index (Phi) is 6.06. The van der Waals surface area contributed by atoms with Gasteiger partial charge in [0.1, 0.15) is 0 Å². The van der Waals surface area contributed by atoms with Crippen LogP contribution in [0.5, 0.6) is 5.75 Å². The molecular formula is C13H19Cl3NO+. The minimum atomic E-state index is 0.246. The fourth-order valence-corrected chi connectivity index (χ4v) is 2.39. The van der Waals surface area contributed by atoms with Crippen molar-refractivity contribution in [3.8, 4) is 5.75 Å². The topological polar surface area (TPSA) is 25.8 Å². The van der Waals surface area contributed by atoms with E-state index in [9.17, 15) is 0 Å². The average molecular weight is 312 g/mol. The van der Waals surface area contributed by atoms with Crippen LogP contribution in [0.15, 0.2) is 12.1 Å². The summed E-state index contributed by atoms with van der Waals surface area (Å²) in [6, 6.07) is 3.26. The third-order valence-corrected chi connectivity index (χ3v) is 3.09. The van der Waals surface area contributed by atoms with Crippen molar-refractivity contribution in [3.05, 3.63) is 27.2 Å². The maximum atomic E-state index is 6.02. The van der Waals surface area contributed by atoms with Crippen molar-refractivity contribution in [2.45, 2.75) is 32.7 Å². The smallest absolute Gasteiger partial charge is 0.156 e. The summed E-state index contributed by atoms with van der Waals surface area (Å²) in [5.41, 5.74) is 0.246. The van der Waals surface area contributed by atoms with E-state index in [-0.39, 0.29) is 5.54 Å². The molecule has 102 valence electrons. The Bertz CT molecular complexity index is 379. The normalized spacial score (nSPS) is 11.7. The second-order valence-electron chi connectivity index (χ2n) is 5.26. The van der Waals surface area contributed by atoms with Crippen LogP contribution in [0.3, 0.4) is 0 Å². The molecule has 0 saturated heterocycles. The number of hydrogen-bond donors (Lipinski definition) is 1. The summed E-state index contributed by atoms with van der Waals surface area (Å²) >= 11 is 17.9. The first kappa shape index (κ1) is 15.9. The maximum absolute atomic E-state index is 6.02. The van der Waals surface area contributed by atoms with Crippen LogP contribution in [0.1, 0.15) is 27.2 Å². The summed E-state index contributed by atoms with van der Waals surface area (Å²) in [4.78, 5) is 0. The standard InChI is InChI=1S/C13H18Cl3NO/c1-13(2,3)17-5-4-6-18-12-10(15)7-9(14)8-11(12)16/h7-8,17H,4-6H2,1-3H3/p+1. The Morgan fingerprint density at radius 2 is 1.67 bits per heavy atom. The van der Waals surface area contributed by atoms with Crippen LogP contribution in [-0.4, -0.2) is 18.7 Å². The number of ether oxygens (including phenoxy) is 1. The zero-order valence-electron chi connectivity index (χ0n) is 10.9. The lowest BCUT2D eigenvalue weighted by Crippen LogP contribution is -2.94. The van der Waals surface area contributed by atoms with Crippen LogP contribution in [0.4, 0.5) is 0 Å². The first-order valence-corrected chi connectivity index (χ1v) is 7.05. The Labute approximate surface area is 124 Å². The summed E-state index contributed by atoms with van der Waals surface area (Å²) in [7, 11) is 0. The van der Waals surface area contributed by atoms with E-state index in [4.69, 9.17) is 39.5 Å². The molecule has 0 bridgehead atoms. The summed E-state index contributed by atoms with van der Waals surface area (Å²) in [6.45, 7) is 8.14. The van der Waals surface area contributed by atoms with E-state index >= 15 is 0 Å². The molecule has 0 radical (unpaired) electrons. The second-order valence-corrected chi connectivity index (χ2v) is 6.51. The Morgan fingerprint density at radius 3 is 2.17 bits per heavy atom. The van der Waals surface area contributed by atoms with Gasteiger partial charge >= 0.3 is 0 Å². The molecule has 0 unspecified atom stereocenters. The monoisotopic (exact) mass is 310 g/mol. The molecule has 0 aliphatic carbocycles. The van der Waals surface area contributed by atoms with Gasteiger partial charge in [0.05, 0.1) is 28.7 Å². The van der Waals surface area contributed by atoms with E-state index in [1.807, 2.05) is 0 Å². The Hall–Kier alpha value is -0.150. The predicted octanol–water partition coefficient (Wildman–Crippen LogP) is 3.78. The van der Waals surface area contributed by atoms with E-state index in [0.717, 1.165) is 13.0 Å². The van der Waals surface area contributed by atoms with Gasteiger partial charge in [0.2, 0.25) is 0 Å². The molecule has 1 aromatic rings. The average Bonchev–Trinajstić information content (AvgIpc) is 2.19. The number of hydrogen-bond acceptors (Lipinski definition) is 1. The minimum absolute atomic E-state index is 0.246. The van der Waals surface area contributed by atoms with Crippen LogP contribution < -0.4 is 10.1 Å². The van der Waals surface area contributed by atoms with Gasteiger partial charge in [0.15, 0.2) is 5.75 Å². The van der Waals surface area contributed by atoms with Gasteiger partial charge in [-0.3, -0.25) is 0 Å². The van der Waals surface area contributed by atoms with Crippen molar-refractivity contribution in [1.29, 1.82) is 0 Å². The van der Waals surface area contributed by atoms with Gasteiger partial charge in [0, 0.05) is 11.4 Å². The predicted molar refractivity (Wildman–Crippen MR) is 78.1 cm³/mol. The van der Waals surface area contributed by atoms with E-state index in [2.05, 4.69) is 26.1 Å². The zero-order valence-corrected chi connectivity index (χ0v) is 13.2. The number of rotatable bonds is 5. The summed E-state index contributed by atoms with van der Waals surface area (Å²) < 4.78 is 5.59. The number of halogens is 3. The lowest BCUT2D eigenvalue weighted by molar-refractivity contribution is -0.717. The van der Waals surface area contributed by atoms with Gasteiger partial charge in [-0.15, -0.1) is 0 Å². The van der Waals surface area contributed by atoms with Crippen molar-refractivity contribution < 1.29 is 10.1 Å². The highest BCUT2D eigenvalue weighted by molar-refractivity contribution is 6.40. The van der Waals surface area contributed by atoms with Crippen molar-refractivity contribution in [3.63, 3.8) is 0 Å². The van der Waals surface area contributed by atoms with Crippen LogP contribution in [0.25, 0.3) is 0 Å². The molecule has 18 heavy (non-hydrogen) atoms. The van der Waals surface area contributed by atoms with Crippen LogP contribution in [0, 0.1) is 0 Å². The Balaban J connectivity index is 2.41. The van der Waals surface area contributed by atoms with Crippen LogP contribution in [-0.2, 0) is 0 Å². The quantitative estimate of drug-likeness (QED) is 0.823. The molecule has 0 aliphatic heterocycles. The van der Waals surface area contributed by atoms with Gasteiger partial charge < -0.3 is 10.1 Å². The van der Waals surface area contributed by atoms with Crippen molar-refractivity contribution in [1.82, 2.24) is 0 Å². The highest BCUT2D eigenvalue weighted by atomic mass is 35.5. The molecule has 0 saturated carbocycles. The SMILES string of the molecule is CC(C)(C)[NH2+]CCCOc1c(Cl)cc(Cl)cc1Cl. The minimum Gasteiger partial charge on any atom is -0.490 e. The molecule has 0 atom stereocenters. The van der Waals surface area contributed by atoms with Gasteiger partial charge in [-0.05, 0) is 32.9 Å². The summed E-state index contributed by atoms with van der Waals surface area (Å²) in [6.07, 6.45) is 0.937. The van der Waals surface area contributed by atoms with E-state index in [1.54, 1.807) is 12.1 Å². The molecule has 0 aromatic heterocycles. The highest BCUT2D eigenvalue weighted by Gasteiger charge is 2.12. The zero-order chi connectivity index (χ0) is 13.8. The van der Waals surface area contributed by atoms with Crippen molar-refractivity contribution in [2.24, 2.45) is 0 Å². The highest BCUT2D eigenvalue weighted by Crippen LogP contribution is 2.35. The largest absolute Gasteiger partial charge is 0.490 e. The third-order valence-electron chi connectivity index (χ3n) is 2.31. The third kappa shape index (κ3) is 5.66. The van der Waals surface area contributed by atoms with Crippen LogP contribution in [0.2, 0.25) is 15.1 Å². The molecule has 0 heterocycles. The lowest BCUT2D eigenvalue weighted by atomic mass is 10.1. The van der Waals surface area contributed by atoms with Gasteiger partial charge in [-0.1, -0.05) is 34.8 Å². The number of benzene rings is 1. The lowest BCUT2D eigenvalue weighted by Gasteiger charge is -2.17. The molecule has 2 nitrogen and oxygen atoms in total. The molecule has 1 rings (SSSR count). The van der Waals surface area contributed by atoms with E-state index < -0.39 is 0 Å². The molecule has 2 N–H and O–H groups in total. The molecule has 0 amide bonds. The second kappa shape index (κ2) is 6.85. The molecule has 5 heteroatoms. The molecule has 0 spiro atoms. The van der Waals surface area contributed by atoms with Gasteiger partial charge in [0.25, 0.3) is 0 Å².